The summed E-state index contributed by atoms with van der Waals surface area (Å²) in [6.45, 7) is -1.98. The van der Waals surface area contributed by atoms with Crippen molar-refractivity contribution in [2.24, 2.45) is 0 Å². The van der Waals surface area contributed by atoms with Crippen molar-refractivity contribution >= 4 is 45.0 Å². The molecule has 0 saturated carbocycles. The maximum atomic E-state index is 13.3. The van der Waals surface area contributed by atoms with Gasteiger partial charge in [0.25, 0.3) is 0 Å². The van der Waals surface area contributed by atoms with Crippen molar-refractivity contribution in [2.45, 2.75) is 12.7 Å². The van der Waals surface area contributed by atoms with Crippen LogP contribution in [0.5, 0.6) is 0 Å². The molecule has 0 atom stereocenters. The summed E-state index contributed by atoms with van der Waals surface area (Å²) >= 11 is 2.16. The van der Waals surface area contributed by atoms with Crippen LogP contribution in [0, 0.1) is 3.83 Å². The molecular weight excluding hydrogens is 574 g/mol. The van der Waals surface area contributed by atoms with Gasteiger partial charge < -0.3 is 5.32 Å². The molecule has 178 valence electrons. The predicted octanol–water partition coefficient (Wildman–Crippen LogP) is 4.39. The molecule has 11 heteroatoms. The monoisotopic (exact) mass is 591 g/mol. The minimum absolute atomic E-state index is 0.447. The molecular formula is C24H17F3IN5O2. The molecule has 5 aromatic rings. The van der Waals surface area contributed by atoms with E-state index in [0.29, 0.717) is 16.7 Å². The number of imidazole rings is 2. The number of aromatic nitrogens is 4. The summed E-state index contributed by atoms with van der Waals surface area (Å²) in [4.78, 5) is 29.7. The van der Waals surface area contributed by atoms with Crippen LogP contribution in [0.2, 0.25) is 0 Å². The van der Waals surface area contributed by atoms with E-state index < -0.39 is 30.9 Å². The summed E-state index contributed by atoms with van der Waals surface area (Å²) in [5, 5.41) is 1.81. The number of benzene rings is 2. The lowest BCUT2D eigenvalue weighted by Crippen LogP contribution is -2.37. The fourth-order valence-corrected chi connectivity index (χ4v) is 4.59. The van der Waals surface area contributed by atoms with Crippen LogP contribution in [0.25, 0.3) is 33.4 Å². The van der Waals surface area contributed by atoms with Gasteiger partial charge in [0.15, 0.2) is 3.83 Å². The molecule has 0 aliphatic heterocycles. The smallest absolute Gasteiger partial charge is 0.345 e. The number of carbonyl (C=O) groups excluding carboxylic acids is 1. The molecule has 2 aromatic carbocycles. The molecule has 3 aromatic heterocycles. The number of fused-ring (bicyclic) bond motifs is 2. The van der Waals surface area contributed by atoms with Crippen LogP contribution in [-0.4, -0.2) is 37.1 Å². The Labute approximate surface area is 210 Å². The van der Waals surface area contributed by atoms with Crippen molar-refractivity contribution in [3.05, 3.63) is 87.4 Å². The topological polar surface area (TPSA) is 73.3 Å². The summed E-state index contributed by atoms with van der Waals surface area (Å²) in [5.41, 5.74) is 3.89. The van der Waals surface area contributed by atoms with Crippen LogP contribution in [0.15, 0.2) is 77.9 Å². The highest BCUT2D eigenvalue weighted by Gasteiger charge is 2.28. The van der Waals surface area contributed by atoms with E-state index >= 15 is 0 Å². The van der Waals surface area contributed by atoms with Crippen LogP contribution >= 0.6 is 22.6 Å². The normalized spacial score (nSPS) is 11.9. The van der Waals surface area contributed by atoms with E-state index in [9.17, 15) is 22.8 Å². The first kappa shape index (κ1) is 23.1. The lowest BCUT2D eigenvalue weighted by atomic mass is 10.1. The van der Waals surface area contributed by atoms with Crippen LogP contribution in [0.3, 0.4) is 0 Å². The number of rotatable bonds is 5. The van der Waals surface area contributed by atoms with Gasteiger partial charge in [-0.25, -0.2) is 9.78 Å². The molecule has 35 heavy (non-hydrogen) atoms. The Morgan fingerprint density at radius 2 is 1.69 bits per heavy atom. The number of amides is 1. The van der Waals surface area contributed by atoms with Crippen molar-refractivity contribution in [1.29, 1.82) is 0 Å². The Morgan fingerprint density at radius 1 is 0.971 bits per heavy atom. The Balaban J connectivity index is 1.52. The largest absolute Gasteiger partial charge is 0.405 e. The van der Waals surface area contributed by atoms with Gasteiger partial charge >= 0.3 is 11.9 Å². The number of nitrogens with one attached hydrogen (secondary N) is 1. The highest BCUT2D eigenvalue weighted by molar-refractivity contribution is 14.1. The highest BCUT2D eigenvalue weighted by Crippen LogP contribution is 2.27. The van der Waals surface area contributed by atoms with E-state index in [1.807, 2.05) is 40.2 Å². The number of pyridine rings is 1. The lowest BCUT2D eigenvalue weighted by molar-refractivity contribution is -0.138. The van der Waals surface area contributed by atoms with E-state index in [0.717, 1.165) is 20.5 Å². The van der Waals surface area contributed by atoms with Gasteiger partial charge in [0.1, 0.15) is 13.1 Å². The number of hydrogen-bond donors (Lipinski definition) is 1. The zero-order chi connectivity index (χ0) is 24.7. The number of halogens is 4. The van der Waals surface area contributed by atoms with Gasteiger partial charge in [0.05, 0.1) is 28.4 Å². The Hall–Kier alpha value is -3.61. The Morgan fingerprint density at radius 3 is 2.40 bits per heavy atom. The van der Waals surface area contributed by atoms with Crippen LogP contribution in [-0.2, 0) is 11.3 Å². The minimum atomic E-state index is -4.53. The van der Waals surface area contributed by atoms with E-state index in [-0.39, 0.29) is 0 Å². The first-order chi connectivity index (χ1) is 16.7. The Kier molecular flexibility index (Phi) is 5.87. The summed E-state index contributed by atoms with van der Waals surface area (Å²) in [6, 6.07) is 18.1. The lowest BCUT2D eigenvalue weighted by Gasteiger charge is -2.09. The summed E-state index contributed by atoms with van der Waals surface area (Å²) in [5.74, 6) is -0.897. The average Bonchev–Trinajstić information content (AvgIpc) is 3.35. The van der Waals surface area contributed by atoms with Gasteiger partial charge in [0.2, 0.25) is 5.91 Å². The zero-order valence-electron chi connectivity index (χ0n) is 18.0. The van der Waals surface area contributed by atoms with E-state index in [1.165, 1.54) is 9.13 Å². The first-order valence-electron chi connectivity index (χ1n) is 10.5. The molecule has 0 spiro atoms. The first-order valence-corrected chi connectivity index (χ1v) is 11.6. The molecule has 5 rings (SSSR count). The molecule has 7 nitrogen and oxygen atoms in total. The fraction of sp³-hybridized carbons (Fsp3) is 0.125. The Bertz CT molecular complexity index is 1620. The fourth-order valence-electron chi connectivity index (χ4n) is 4.03. The second kappa shape index (κ2) is 8.87. The molecule has 0 fully saturated rings. The maximum absolute atomic E-state index is 13.3. The predicted molar refractivity (Wildman–Crippen MR) is 134 cm³/mol. The standard InChI is InChI=1S/C24H17F3IN5O2/c25-24(26,27)14-30-21(34)13-32-18-5-1-2-6-19(18)33(23(32)35)16-9-7-15(8-10-16)17-4-3-11-31-20(17)12-29-22(31)28/h1-12H,13-14H2,(H,30,34). The maximum Gasteiger partial charge on any atom is 0.405 e. The number of hydrogen-bond acceptors (Lipinski definition) is 3. The summed E-state index contributed by atoms with van der Waals surface area (Å²) in [6.07, 6.45) is -0.801. The second-order valence-electron chi connectivity index (χ2n) is 7.84. The molecule has 0 bridgehead atoms. The highest BCUT2D eigenvalue weighted by atomic mass is 127. The number of nitrogens with zero attached hydrogens (tertiary/aromatic N) is 4. The van der Waals surface area contributed by atoms with Crippen LogP contribution in [0.1, 0.15) is 0 Å². The molecule has 0 aliphatic carbocycles. The van der Waals surface area contributed by atoms with Crippen molar-refractivity contribution in [1.82, 2.24) is 23.8 Å². The van der Waals surface area contributed by atoms with Gasteiger partial charge in [-0.05, 0) is 35.9 Å². The van der Waals surface area contributed by atoms with E-state index in [2.05, 4.69) is 27.6 Å². The number of alkyl halides is 3. The van der Waals surface area contributed by atoms with Crippen molar-refractivity contribution in [2.75, 3.05) is 6.54 Å². The van der Waals surface area contributed by atoms with Crippen molar-refractivity contribution in [3.8, 4) is 16.8 Å². The SMILES string of the molecule is O=C(Cn1c(=O)n(-c2ccc(-c3cccn4c(I)ncc34)cc2)c2ccccc21)NCC(F)(F)F. The molecule has 3 heterocycles. The quantitative estimate of drug-likeness (QED) is 0.309. The van der Waals surface area contributed by atoms with Crippen LogP contribution < -0.4 is 11.0 Å². The minimum Gasteiger partial charge on any atom is -0.345 e. The van der Waals surface area contributed by atoms with Gasteiger partial charge in [0, 0.05) is 34.4 Å². The summed E-state index contributed by atoms with van der Waals surface area (Å²) < 4.78 is 42.8. The van der Waals surface area contributed by atoms with Gasteiger partial charge in [-0.15, -0.1) is 0 Å². The number of carbonyl (C=O) groups is 1. The van der Waals surface area contributed by atoms with Gasteiger partial charge in [-0.1, -0.05) is 30.3 Å². The van der Waals surface area contributed by atoms with Gasteiger partial charge in [-0.3, -0.25) is 18.3 Å². The second-order valence-corrected chi connectivity index (χ2v) is 8.80. The third-order valence-corrected chi connectivity index (χ3v) is 6.38. The molecule has 1 N–H and O–H groups in total. The molecule has 1 amide bonds. The van der Waals surface area contributed by atoms with E-state index in [4.69, 9.17) is 0 Å². The third kappa shape index (κ3) is 4.43. The van der Waals surface area contributed by atoms with Crippen molar-refractivity contribution in [3.63, 3.8) is 0 Å². The summed E-state index contributed by atoms with van der Waals surface area (Å²) in [7, 11) is 0. The molecule has 0 aliphatic rings. The zero-order valence-corrected chi connectivity index (χ0v) is 20.1. The van der Waals surface area contributed by atoms with Gasteiger partial charge in [-0.2, -0.15) is 13.2 Å². The van der Waals surface area contributed by atoms with Crippen molar-refractivity contribution < 1.29 is 18.0 Å². The molecule has 0 unspecified atom stereocenters. The molecule has 0 saturated heterocycles. The van der Waals surface area contributed by atoms with Crippen LogP contribution in [0.4, 0.5) is 13.2 Å². The molecule has 0 radical (unpaired) electrons. The van der Waals surface area contributed by atoms with E-state index in [1.54, 1.807) is 42.6 Å². The average molecular weight is 591 g/mol. The number of para-hydroxylation sites is 2. The third-order valence-electron chi connectivity index (χ3n) is 5.59.